The van der Waals surface area contributed by atoms with E-state index in [1.807, 2.05) is 0 Å². The van der Waals surface area contributed by atoms with Gasteiger partial charge < -0.3 is 24.8 Å². The van der Waals surface area contributed by atoms with Crippen molar-refractivity contribution in [2.75, 3.05) is 13.1 Å². The summed E-state index contributed by atoms with van der Waals surface area (Å²) in [7, 11) is 0. The van der Waals surface area contributed by atoms with Crippen LogP contribution in [0.3, 0.4) is 0 Å². The Kier molecular flexibility index (Phi) is 6.00. The van der Waals surface area contributed by atoms with Gasteiger partial charge in [0.05, 0.1) is 0 Å². The Morgan fingerprint density at radius 3 is 2.26 bits per heavy atom. The molecular formula is C15H24N2O6. The smallest absolute Gasteiger partial charge is 0.407 e. The van der Waals surface area contributed by atoms with Crippen molar-refractivity contribution in [2.45, 2.75) is 52.4 Å². The number of rotatable bonds is 5. The minimum absolute atomic E-state index is 0.190. The van der Waals surface area contributed by atoms with Crippen LogP contribution in [0.25, 0.3) is 0 Å². The monoisotopic (exact) mass is 328 g/mol. The zero-order valence-electron chi connectivity index (χ0n) is 14.1. The molecule has 0 atom stereocenters. The molecule has 0 aromatic carbocycles. The molecular weight excluding hydrogens is 304 g/mol. The maximum absolute atomic E-state index is 11.7. The fourth-order valence-electron chi connectivity index (χ4n) is 1.65. The molecule has 0 spiro atoms. The molecule has 8 heteroatoms. The van der Waals surface area contributed by atoms with Crippen LogP contribution in [0.2, 0.25) is 0 Å². The van der Waals surface area contributed by atoms with Gasteiger partial charge in [-0.2, -0.15) is 0 Å². The summed E-state index contributed by atoms with van der Waals surface area (Å²) in [6.07, 6.45) is 1.35. The van der Waals surface area contributed by atoms with Gasteiger partial charge in [0, 0.05) is 33.1 Å². The number of esters is 2. The Balaban J connectivity index is 2.28. The Morgan fingerprint density at radius 2 is 1.74 bits per heavy atom. The number of hydrogen-bond donors (Lipinski definition) is 2. The number of nitrogens with one attached hydrogen (secondary N) is 2. The average molecular weight is 328 g/mol. The van der Waals surface area contributed by atoms with Crippen LogP contribution >= 0.6 is 0 Å². The van der Waals surface area contributed by atoms with Gasteiger partial charge in [-0.1, -0.05) is 0 Å². The van der Waals surface area contributed by atoms with E-state index in [1.165, 1.54) is 20.0 Å². The summed E-state index contributed by atoms with van der Waals surface area (Å²) in [4.78, 5) is 34.7. The highest BCUT2D eigenvalue weighted by molar-refractivity contribution is 6.15. The van der Waals surface area contributed by atoms with Crippen LogP contribution in [-0.2, 0) is 23.8 Å². The van der Waals surface area contributed by atoms with Crippen LogP contribution in [0.15, 0.2) is 11.8 Å². The number of alkyl carbamates (subject to hydrolysis) is 1. The van der Waals surface area contributed by atoms with E-state index in [-0.39, 0.29) is 5.57 Å². The Bertz CT molecular complexity index is 483. The molecule has 130 valence electrons. The van der Waals surface area contributed by atoms with Crippen molar-refractivity contribution < 1.29 is 28.6 Å². The van der Waals surface area contributed by atoms with E-state index in [9.17, 15) is 14.4 Å². The first kappa shape index (κ1) is 18.8. The lowest BCUT2D eigenvalue weighted by Crippen LogP contribution is -2.42. The Hall–Kier alpha value is -2.25. The van der Waals surface area contributed by atoms with Gasteiger partial charge in [-0.05, 0) is 27.2 Å². The van der Waals surface area contributed by atoms with E-state index in [0.717, 1.165) is 0 Å². The number of carbonyl (C=O) groups is 3. The lowest BCUT2D eigenvalue weighted by molar-refractivity contribution is -0.222. The van der Waals surface area contributed by atoms with Crippen molar-refractivity contribution in [3.05, 3.63) is 11.8 Å². The van der Waals surface area contributed by atoms with E-state index in [2.05, 4.69) is 10.6 Å². The van der Waals surface area contributed by atoms with Crippen molar-refractivity contribution in [3.63, 3.8) is 0 Å². The fourth-order valence-corrected chi connectivity index (χ4v) is 1.65. The molecule has 1 aliphatic rings. The summed E-state index contributed by atoms with van der Waals surface area (Å²) in [5, 5.41) is 5.41. The number of carbonyl (C=O) groups excluding carboxylic acids is 3. The molecule has 0 bridgehead atoms. The Morgan fingerprint density at radius 1 is 1.17 bits per heavy atom. The standard InChI is InChI=1S/C15H24N2O6/c1-14(2,3)23-13(20)17-8-6-7-16-9-10-11(18)21-15(4,5)22-12(10)19/h9,16H,6-8H2,1-5H3,(H,17,20). The fraction of sp³-hybridized carbons (Fsp3) is 0.667. The lowest BCUT2D eigenvalue weighted by atomic mass is 10.2. The van der Waals surface area contributed by atoms with E-state index in [1.54, 1.807) is 20.8 Å². The van der Waals surface area contributed by atoms with Crippen LogP contribution in [-0.4, -0.2) is 42.5 Å². The molecule has 0 aromatic heterocycles. The lowest BCUT2D eigenvalue weighted by Gasteiger charge is -2.29. The third kappa shape index (κ3) is 7.03. The normalized spacial score (nSPS) is 17.0. The largest absolute Gasteiger partial charge is 0.444 e. The summed E-state index contributed by atoms with van der Waals surface area (Å²) >= 11 is 0. The highest BCUT2D eigenvalue weighted by Gasteiger charge is 2.38. The van der Waals surface area contributed by atoms with E-state index >= 15 is 0 Å². The van der Waals surface area contributed by atoms with Crippen LogP contribution in [0.5, 0.6) is 0 Å². The van der Waals surface area contributed by atoms with Crippen LogP contribution in [0.4, 0.5) is 4.79 Å². The van der Waals surface area contributed by atoms with Crippen molar-refractivity contribution in [2.24, 2.45) is 0 Å². The van der Waals surface area contributed by atoms with Crippen molar-refractivity contribution in [3.8, 4) is 0 Å². The zero-order valence-corrected chi connectivity index (χ0v) is 14.1. The molecule has 1 fully saturated rings. The molecule has 1 rings (SSSR count). The van der Waals surface area contributed by atoms with Gasteiger partial charge in [0.25, 0.3) is 5.79 Å². The van der Waals surface area contributed by atoms with Crippen molar-refractivity contribution >= 4 is 18.0 Å². The summed E-state index contributed by atoms with van der Waals surface area (Å²) in [5.74, 6) is -2.71. The Labute approximate surface area is 135 Å². The zero-order chi connectivity index (χ0) is 17.7. The summed E-state index contributed by atoms with van der Waals surface area (Å²) in [6.45, 7) is 9.15. The summed E-state index contributed by atoms with van der Waals surface area (Å²) in [5.41, 5.74) is -0.730. The molecule has 1 heterocycles. The maximum atomic E-state index is 11.7. The third-order valence-electron chi connectivity index (χ3n) is 2.53. The van der Waals surface area contributed by atoms with Crippen LogP contribution in [0, 0.1) is 0 Å². The first-order valence-electron chi connectivity index (χ1n) is 7.37. The second kappa shape index (κ2) is 7.34. The number of hydrogen-bond acceptors (Lipinski definition) is 7. The highest BCUT2D eigenvalue weighted by Crippen LogP contribution is 2.21. The molecule has 1 saturated heterocycles. The topological polar surface area (TPSA) is 103 Å². The molecule has 0 saturated carbocycles. The second-order valence-electron chi connectivity index (χ2n) is 6.47. The molecule has 1 amide bonds. The van der Waals surface area contributed by atoms with Gasteiger partial charge in [-0.25, -0.2) is 14.4 Å². The summed E-state index contributed by atoms with van der Waals surface area (Å²) in [6, 6.07) is 0. The highest BCUT2D eigenvalue weighted by atomic mass is 16.7. The average Bonchev–Trinajstić information content (AvgIpc) is 2.32. The maximum Gasteiger partial charge on any atom is 0.407 e. The van der Waals surface area contributed by atoms with Gasteiger partial charge in [0.2, 0.25) is 0 Å². The van der Waals surface area contributed by atoms with E-state index in [0.29, 0.717) is 19.5 Å². The van der Waals surface area contributed by atoms with Crippen molar-refractivity contribution in [1.29, 1.82) is 0 Å². The second-order valence-corrected chi connectivity index (χ2v) is 6.47. The predicted molar refractivity (Wildman–Crippen MR) is 81.2 cm³/mol. The molecule has 23 heavy (non-hydrogen) atoms. The third-order valence-corrected chi connectivity index (χ3v) is 2.53. The first-order valence-corrected chi connectivity index (χ1v) is 7.37. The van der Waals surface area contributed by atoms with Crippen molar-refractivity contribution in [1.82, 2.24) is 10.6 Å². The van der Waals surface area contributed by atoms with Gasteiger partial charge in [-0.15, -0.1) is 0 Å². The van der Waals surface area contributed by atoms with E-state index in [4.69, 9.17) is 14.2 Å². The first-order chi connectivity index (χ1) is 10.5. The quantitative estimate of drug-likeness (QED) is 0.338. The molecule has 0 radical (unpaired) electrons. The van der Waals surface area contributed by atoms with Gasteiger partial charge >= 0.3 is 18.0 Å². The molecule has 0 aromatic rings. The van der Waals surface area contributed by atoms with Gasteiger partial charge in [0.1, 0.15) is 5.60 Å². The minimum Gasteiger partial charge on any atom is -0.444 e. The molecule has 8 nitrogen and oxygen atoms in total. The van der Waals surface area contributed by atoms with Crippen LogP contribution in [0.1, 0.15) is 41.0 Å². The SMILES string of the molecule is CC(C)(C)OC(=O)NCCCNC=C1C(=O)OC(C)(C)OC1=O. The number of amides is 1. The minimum atomic E-state index is -1.25. The van der Waals surface area contributed by atoms with Crippen LogP contribution < -0.4 is 10.6 Å². The molecule has 1 aliphatic heterocycles. The number of cyclic esters (lactones) is 2. The molecule has 2 N–H and O–H groups in total. The number of ether oxygens (including phenoxy) is 3. The van der Waals surface area contributed by atoms with Gasteiger partial charge in [0.15, 0.2) is 5.57 Å². The molecule has 0 unspecified atom stereocenters. The van der Waals surface area contributed by atoms with Gasteiger partial charge in [-0.3, -0.25) is 0 Å². The predicted octanol–water partition coefficient (Wildman–Crippen LogP) is 1.21. The molecule has 0 aliphatic carbocycles. The van der Waals surface area contributed by atoms with E-state index < -0.39 is 29.4 Å². The summed E-state index contributed by atoms with van der Waals surface area (Å²) < 4.78 is 15.0.